The Morgan fingerprint density at radius 3 is 2.58 bits per heavy atom. The highest BCUT2D eigenvalue weighted by molar-refractivity contribution is 5.80. The van der Waals surface area contributed by atoms with Gasteiger partial charge in [0, 0.05) is 13.0 Å². The molecule has 0 aliphatic carbocycles. The molecule has 2 N–H and O–H groups in total. The summed E-state index contributed by atoms with van der Waals surface area (Å²) in [5, 5.41) is 9.25. The lowest BCUT2D eigenvalue weighted by atomic mass is 9.98. The third-order valence-corrected chi connectivity index (χ3v) is 6.03. The molecular weight excluding hydrogens is 382 g/mol. The summed E-state index contributed by atoms with van der Waals surface area (Å²) in [6, 6.07) is 16.5. The molecule has 2 aromatic carbocycles. The van der Waals surface area contributed by atoms with E-state index in [4.69, 9.17) is 10.5 Å². The maximum Gasteiger partial charge on any atom is 0.123 e. The second kappa shape index (κ2) is 12.2. The van der Waals surface area contributed by atoms with E-state index >= 15 is 0 Å². The van der Waals surface area contributed by atoms with E-state index in [1.54, 1.807) is 0 Å². The first kappa shape index (κ1) is 22.9. The maximum atomic E-state index is 9.25. The van der Waals surface area contributed by atoms with E-state index in [1.165, 1.54) is 37.7 Å². The Morgan fingerprint density at radius 1 is 1.00 bits per heavy atom. The van der Waals surface area contributed by atoms with Crippen LogP contribution >= 0.6 is 0 Å². The molecule has 4 nitrogen and oxygen atoms in total. The lowest BCUT2D eigenvalue weighted by Gasteiger charge is -2.21. The van der Waals surface area contributed by atoms with Gasteiger partial charge >= 0.3 is 0 Å². The molecular formula is C27H35N3O. The number of nitriles is 1. The second-order valence-electron chi connectivity index (χ2n) is 8.45. The summed E-state index contributed by atoms with van der Waals surface area (Å²) in [4.78, 5) is 4.55. The van der Waals surface area contributed by atoms with E-state index in [9.17, 15) is 5.26 Å². The third kappa shape index (κ3) is 7.14. The number of benzene rings is 2. The third-order valence-electron chi connectivity index (χ3n) is 6.03. The highest BCUT2D eigenvalue weighted by atomic mass is 16.5. The molecule has 1 aliphatic rings. The van der Waals surface area contributed by atoms with Gasteiger partial charge in [0.25, 0.3) is 0 Å². The smallest absolute Gasteiger partial charge is 0.123 e. The van der Waals surface area contributed by atoms with E-state index in [-0.39, 0.29) is 6.10 Å². The lowest BCUT2D eigenvalue weighted by molar-refractivity contribution is 0.187. The minimum Gasteiger partial charge on any atom is -0.490 e. The lowest BCUT2D eigenvalue weighted by Crippen LogP contribution is -2.21. The predicted molar refractivity (Wildman–Crippen MR) is 128 cm³/mol. The fourth-order valence-corrected chi connectivity index (χ4v) is 4.09. The van der Waals surface area contributed by atoms with Crippen molar-refractivity contribution < 1.29 is 4.74 Å². The molecule has 0 bridgehead atoms. The first-order valence-electron chi connectivity index (χ1n) is 11.8. The van der Waals surface area contributed by atoms with Crippen molar-refractivity contribution in [1.82, 2.24) is 0 Å². The van der Waals surface area contributed by atoms with Gasteiger partial charge in [-0.25, -0.2) is 0 Å². The van der Waals surface area contributed by atoms with Gasteiger partial charge in [0.05, 0.1) is 23.6 Å². The molecule has 0 amide bonds. The summed E-state index contributed by atoms with van der Waals surface area (Å²) < 4.78 is 6.54. The Bertz CT molecular complexity index is 913. The van der Waals surface area contributed by atoms with Crippen LogP contribution in [0.25, 0.3) is 11.1 Å². The van der Waals surface area contributed by atoms with Crippen molar-refractivity contribution in [3.63, 3.8) is 0 Å². The zero-order chi connectivity index (χ0) is 21.9. The quantitative estimate of drug-likeness (QED) is 0.613. The Balaban J connectivity index is 1.86. The van der Waals surface area contributed by atoms with E-state index in [2.05, 4.69) is 36.2 Å². The van der Waals surface area contributed by atoms with Crippen molar-refractivity contribution in [2.24, 2.45) is 10.7 Å². The molecule has 31 heavy (non-hydrogen) atoms. The summed E-state index contributed by atoms with van der Waals surface area (Å²) >= 11 is 0. The van der Waals surface area contributed by atoms with Crippen LogP contribution in [0.1, 0.15) is 75.8 Å². The number of ether oxygens (including phenoxy) is 1. The standard InChI is InChI=1S/C27H35N3O/c1-2-25-15-16-27(29)30-17-8-6-4-3-5-7-11-22-13-14-24(19-26(22)31-25)23-12-9-10-21(18-23)20-28/h9-10,12-14,18-19,25H,2-8,11,15-17H2,1H3,(H2,29,30). The molecule has 0 saturated heterocycles. The molecule has 0 aromatic heterocycles. The molecule has 3 rings (SSSR count). The first-order valence-corrected chi connectivity index (χ1v) is 11.8. The van der Waals surface area contributed by atoms with Gasteiger partial charge in [-0.05, 0) is 67.0 Å². The molecule has 164 valence electrons. The zero-order valence-corrected chi connectivity index (χ0v) is 18.8. The number of aliphatic imine (C=N–C) groups is 1. The number of hydrogen-bond acceptors (Lipinski definition) is 4. The average molecular weight is 418 g/mol. The minimum absolute atomic E-state index is 0.112. The SMILES string of the molecule is CCC1CCC(N)=NCCCCCCCCc2ccc(-c3cccc(C#N)c3)cc2O1. The molecule has 1 aliphatic heterocycles. The largest absolute Gasteiger partial charge is 0.490 e. The van der Waals surface area contributed by atoms with E-state index in [1.807, 2.05) is 24.3 Å². The van der Waals surface area contributed by atoms with Crippen LogP contribution in [0.4, 0.5) is 0 Å². The number of fused-ring (bicyclic) bond motifs is 1. The summed E-state index contributed by atoms with van der Waals surface area (Å²) in [6.07, 6.45) is 11.1. The highest BCUT2D eigenvalue weighted by Gasteiger charge is 2.14. The van der Waals surface area contributed by atoms with Gasteiger partial charge < -0.3 is 10.5 Å². The monoisotopic (exact) mass is 417 g/mol. The number of nitrogens with zero attached hydrogens (tertiary/aromatic N) is 2. The first-order chi connectivity index (χ1) is 15.2. The Hall–Kier alpha value is -2.80. The Morgan fingerprint density at radius 2 is 1.77 bits per heavy atom. The summed E-state index contributed by atoms with van der Waals surface area (Å²) in [6.45, 7) is 3.01. The van der Waals surface area contributed by atoms with Crippen LogP contribution in [0.2, 0.25) is 0 Å². The number of amidine groups is 1. The van der Waals surface area contributed by atoms with E-state index in [0.29, 0.717) is 5.56 Å². The van der Waals surface area contributed by atoms with Gasteiger partial charge in [-0.1, -0.05) is 56.9 Å². The summed E-state index contributed by atoms with van der Waals surface area (Å²) in [7, 11) is 0. The highest BCUT2D eigenvalue weighted by Crippen LogP contribution is 2.31. The van der Waals surface area contributed by atoms with Gasteiger partial charge in [0.1, 0.15) is 5.75 Å². The van der Waals surface area contributed by atoms with Crippen LogP contribution in [0.3, 0.4) is 0 Å². The van der Waals surface area contributed by atoms with Crippen LogP contribution in [-0.2, 0) is 6.42 Å². The predicted octanol–water partition coefficient (Wildman–Crippen LogP) is 6.42. The molecule has 4 heteroatoms. The van der Waals surface area contributed by atoms with Gasteiger partial charge in [0.15, 0.2) is 0 Å². The van der Waals surface area contributed by atoms with Gasteiger partial charge in [0.2, 0.25) is 0 Å². The zero-order valence-electron chi connectivity index (χ0n) is 18.8. The number of aryl methyl sites for hydroxylation is 1. The molecule has 0 fully saturated rings. The molecule has 1 atom stereocenters. The van der Waals surface area contributed by atoms with Crippen molar-refractivity contribution in [3.8, 4) is 22.9 Å². The number of nitrogens with two attached hydrogens (primary N) is 1. The molecule has 0 spiro atoms. The van der Waals surface area contributed by atoms with Crippen LogP contribution in [0.5, 0.6) is 5.75 Å². The van der Waals surface area contributed by atoms with Crippen LogP contribution in [0, 0.1) is 11.3 Å². The van der Waals surface area contributed by atoms with Crippen molar-refractivity contribution >= 4 is 5.84 Å². The second-order valence-corrected chi connectivity index (χ2v) is 8.45. The molecule has 1 unspecified atom stereocenters. The summed E-state index contributed by atoms with van der Waals surface area (Å²) in [5.74, 6) is 1.71. The van der Waals surface area contributed by atoms with Crippen LogP contribution < -0.4 is 10.5 Å². The Kier molecular flexibility index (Phi) is 8.97. The van der Waals surface area contributed by atoms with Crippen LogP contribution in [0.15, 0.2) is 47.5 Å². The summed E-state index contributed by atoms with van der Waals surface area (Å²) in [5.41, 5.74) is 10.2. The van der Waals surface area contributed by atoms with Crippen molar-refractivity contribution in [2.45, 2.75) is 77.2 Å². The van der Waals surface area contributed by atoms with Crippen molar-refractivity contribution in [2.75, 3.05) is 6.54 Å². The molecule has 0 saturated carbocycles. The van der Waals surface area contributed by atoms with Crippen LogP contribution in [-0.4, -0.2) is 18.5 Å². The van der Waals surface area contributed by atoms with E-state index < -0.39 is 0 Å². The maximum absolute atomic E-state index is 9.25. The molecule has 0 radical (unpaired) electrons. The number of rotatable bonds is 2. The molecule has 1 heterocycles. The van der Waals surface area contributed by atoms with Gasteiger partial charge in [-0.3, -0.25) is 4.99 Å². The fourth-order valence-electron chi connectivity index (χ4n) is 4.09. The average Bonchev–Trinajstić information content (AvgIpc) is 2.80. The topological polar surface area (TPSA) is 71.4 Å². The number of hydrogen-bond donors (Lipinski definition) is 1. The van der Waals surface area contributed by atoms with E-state index in [0.717, 1.165) is 61.4 Å². The fraction of sp³-hybridized carbons (Fsp3) is 0.481. The minimum atomic E-state index is 0.112. The van der Waals surface area contributed by atoms with Gasteiger partial charge in [-0.15, -0.1) is 0 Å². The van der Waals surface area contributed by atoms with Gasteiger partial charge in [-0.2, -0.15) is 5.26 Å². The Labute approximate surface area is 187 Å². The van der Waals surface area contributed by atoms with Crippen molar-refractivity contribution in [1.29, 1.82) is 5.26 Å². The normalized spacial score (nSPS) is 18.8. The molecule has 2 aromatic rings. The van der Waals surface area contributed by atoms with Crippen molar-refractivity contribution in [3.05, 3.63) is 53.6 Å².